The summed E-state index contributed by atoms with van der Waals surface area (Å²) >= 11 is 0. The molecule has 7 heteroatoms. The Morgan fingerprint density at radius 2 is 1.31 bits per heavy atom. The first-order valence-corrected chi connectivity index (χ1v) is 2.91. The first kappa shape index (κ1) is 14.8. The number of allylic oxidation sites excluding steroid dienone is 1. The zero-order valence-corrected chi connectivity index (χ0v) is 6.51. The molecule has 0 fully saturated rings. The van der Waals surface area contributed by atoms with Crippen molar-refractivity contribution in [3.63, 3.8) is 0 Å². The fourth-order valence-electron chi connectivity index (χ4n) is 0.124. The SMILES string of the molecule is C=CC.FC(F)C(F)(F)C(F)(F)F. The molecule has 0 aromatic heterocycles. The van der Waals surface area contributed by atoms with E-state index in [2.05, 4.69) is 6.58 Å². The van der Waals surface area contributed by atoms with E-state index in [9.17, 15) is 30.7 Å². The fraction of sp³-hybridized carbons (Fsp3) is 0.667. The van der Waals surface area contributed by atoms with Crippen LogP contribution in [0.25, 0.3) is 0 Å². The van der Waals surface area contributed by atoms with E-state index in [1.807, 2.05) is 6.92 Å². The minimum atomic E-state index is -6.17. The van der Waals surface area contributed by atoms with E-state index in [1.54, 1.807) is 6.08 Å². The summed E-state index contributed by atoms with van der Waals surface area (Å²) < 4.78 is 76.6. The van der Waals surface area contributed by atoms with E-state index in [-0.39, 0.29) is 0 Å². The van der Waals surface area contributed by atoms with Crippen LogP contribution in [0.1, 0.15) is 6.92 Å². The van der Waals surface area contributed by atoms with Crippen LogP contribution in [0.2, 0.25) is 0 Å². The van der Waals surface area contributed by atoms with Crippen LogP contribution in [0.3, 0.4) is 0 Å². The molecule has 0 heterocycles. The Bertz CT molecular complexity index is 146. The quantitative estimate of drug-likeness (QED) is 0.459. The summed E-state index contributed by atoms with van der Waals surface area (Å²) in [6.07, 6.45) is -9.12. The first-order valence-electron chi connectivity index (χ1n) is 2.91. The van der Waals surface area contributed by atoms with Crippen LogP contribution in [0, 0.1) is 0 Å². The molecule has 0 N–H and O–H groups in total. The fourth-order valence-corrected chi connectivity index (χ4v) is 0.124. The van der Waals surface area contributed by atoms with Gasteiger partial charge in [-0.3, -0.25) is 0 Å². The third kappa shape index (κ3) is 4.74. The third-order valence-electron chi connectivity index (χ3n) is 0.652. The van der Waals surface area contributed by atoms with E-state index >= 15 is 0 Å². The summed E-state index contributed by atoms with van der Waals surface area (Å²) in [5, 5.41) is 0. The molecule has 0 aliphatic rings. The molecule has 0 spiro atoms. The zero-order valence-electron chi connectivity index (χ0n) is 6.51. The van der Waals surface area contributed by atoms with Crippen LogP contribution in [0.15, 0.2) is 12.7 Å². The second kappa shape index (κ2) is 5.08. The molecule has 80 valence electrons. The lowest BCUT2D eigenvalue weighted by atomic mass is 10.3. The molecular weight excluding hydrogens is 205 g/mol. The van der Waals surface area contributed by atoms with E-state index < -0.39 is 18.5 Å². The van der Waals surface area contributed by atoms with Crippen molar-refractivity contribution in [3.8, 4) is 0 Å². The molecule has 0 rings (SSSR count). The van der Waals surface area contributed by atoms with Gasteiger partial charge in [-0.1, -0.05) is 6.08 Å². The highest BCUT2D eigenvalue weighted by molar-refractivity contribution is 4.77. The molecule has 0 radical (unpaired) electrons. The Morgan fingerprint density at radius 3 is 1.31 bits per heavy atom. The van der Waals surface area contributed by atoms with Crippen molar-refractivity contribution in [2.24, 2.45) is 0 Å². The number of hydrogen-bond acceptors (Lipinski definition) is 0. The Balaban J connectivity index is 0. The van der Waals surface area contributed by atoms with Gasteiger partial charge in [-0.2, -0.15) is 22.0 Å². The molecule has 0 nitrogen and oxygen atoms in total. The maximum absolute atomic E-state index is 11.2. The number of alkyl halides is 7. The van der Waals surface area contributed by atoms with Crippen molar-refractivity contribution in [2.75, 3.05) is 0 Å². The molecule has 0 aromatic rings. The van der Waals surface area contributed by atoms with Gasteiger partial charge in [0.05, 0.1) is 0 Å². The topological polar surface area (TPSA) is 0 Å². The maximum Gasteiger partial charge on any atom is 0.459 e. The van der Waals surface area contributed by atoms with Crippen molar-refractivity contribution in [3.05, 3.63) is 12.7 Å². The van der Waals surface area contributed by atoms with Crippen LogP contribution in [0.4, 0.5) is 30.7 Å². The maximum atomic E-state index is 11.2. The van der Waals surface area contributed by atoms with Gasteiger partial charge in [-0.15, -0.1) is 6.58 Å². The molecule has 0 bridgehead atoms. The second-order valence-corrected chi connectivity index (χ2v) is 1.83. The highest BCUT2D eigenvalue weighted by Gasteiger charge is 2.64. The largest absolute Gasteiger partial charge is 0.459 e. The Kier molecular flexibility index (Phi) is 5.77. The average Bonchev–Trinajstić information content (AvgIpc) is 1.86. The normalized spacial score (nSPS) is 12.1. The van der Waals surface area contributed by atoms with Gasteiger partial charge in [0.25, 0.3) is 0 Å². The summed E-state index contributed by atoms with van der Waals surface area (Å²) in [4.78, 5) is 0. The predicted molar refractivity (Wildman–Crippen MR) is 32.9 cm³/mol. The minimum Gasteiger partial charge on any atom is -0.203 e. The van der Waals surface area contributed by atoms with E-state index in [1.165, 1.54) is 0 Å². The molecule has 13 heavy (non-hydrogen) atoms. The highest BCUT2D eigenvalue weighted by Crippen LogP contribution is 2.39. The second-order valence-electron chi connectivity index (χ2n) is 1.83. The van der Waals surface area contributed by atoms with Crippen LogP contribution in [-0.4, -0.2) is 18.5 Å². The van der Waals surface area contributed by atoms with Gasteiger partial charge in [0.2, 0.25) is 0 Å². The van der Waals surface area contributed by atoms with Crippen molar-refractivity contribution < 1.29 is 30.7 Å². The van der Waals surface area contributed by atoms with E-state index in [0.717, 1.165) is 0 Å². The molecule has 0 saturated heterocycles. The number of halogens is 7. The van der Waals surface area contributed by atoms with Gasteiger partial charge in [0.1, 0.15) is 0 Å². The van der Waals surface area contributed by atoms with Gasteiger partial charge in [-0.05, 0) is 6.92 Å². The van der Waals surface area contributed by atoms with Crippen LogP contribution < -0.4 is 0 Å². The molecule has 0 saturated carbocycles. The Morgan fingerprint density at radius 1 is 1.08 bits per heavy atom. The molecule has 0 atom stereocenters. The first-order chi connectivity index (χ1) is 5.61. The van der Waals surface area contributed by atoms with Crippen molar-refractivity contribution in [2.45, 2.75) is 25.4 Å². The summed E-state index contributed by atoms with van der Waals surface area (Å²) in [6, 6.07) is 0. The smallest absolute Gasteiger partial charge is 0.203 e. The monoisotopic (exact) mass is 212 g/mol. The van der Waals surface area contributed by atoms with Crippen LogP contribution in [-0.2, 0) is 0 Å². The van der Waals surface area contributed by atoms with Gasteiger partial charge >= 0.3 is 18.5 Å². The summed E-state index contributed by atoms with van der Waals surface area (Å²) in [6.45, 7) is 5.25. The molecular formula is C6H7F7. The molecule has 0 aliphatic heterocycles. The highest BCUT2D eigenvalue weighted by atomic mass is 19.4. The zero-order chi connectivity index (χ0) is 11.3. The average molecular weight is 212 g/mol. The summed E-state index contributed by atoms with van der Waals surface area (Å²) in [5.74, 6) is -5.90. The van der Waals surface area contributed by atoms with Crippen LogP contribution in [0.5, 0.6) is 0 Å². The van der Waals surface area contributed by atoms with E-state index in [4.69, 9.17) is 0 Å². The van der Waals surface area contributed by atoms with Crippen molar-refractivity contribution >= 4 is 0 Å². The van der Waals surface area contributed by atoms with Crippen LogP contribution >= 0.6 is 0 Å². The Hall–Kier alpha value is -0.750. The molecule has 0 unspecified atom stereocenters. The lowest BCUT2D eigenvalue weighted by Crippen LogP contribution is -2.42. The summed E-state index contributed by atoms with van der Waals surface area (Å²) in [7, 11) is 0. The number of hydrogen-bond donors (Lipinski definition) is 0. The van der Waals surface area contributed by atoms with Gasteiger partial charge in [-0.25, -0.2) is 8.78 Å². The summed E-state index contributed by atoms with van der Waals surface area (Å²) in [5.41, 5.74) is 0. The van der Waals surface area contributed by atoms with Crippen molar-refractivity contribution in [1.29, 1.82) is 0 Å². The van der Waals surface area contributed by atoms with Crippen molar-refractivity contribution in [1.82, 2.24) is 0 Å². The minimum absolute atomic E-state index is 1.75. The lowest BCUT2D eigenvalue weighted by molar-refractivity contribution is -0.320. The Labute approximate surface area is 70.0 Å². The van der Waals surface area contributed by atoms with Gasteiger partial charge in [0, 0.05) is 0 Å². The lowest BCUT2D eigenvalue weighted by Gasteiger charge is -2.17. The number of rotatable bonds is 1. The van der Waals surface area contributed by atoms with E-state index in [0.29, 0.717) is 0 Å². The standard InChI is InChI=1S/C3HF7.C3H6/c4-1(5)2(6,7)3(8,9)10;1-3-2/h1H;3H,1H2,2H3. The molecule has 0 amide bonds. The predicted octanol–water partition coefficient (Wildman–Crippen LogP) is 3.64. The van der Waals surface area contributed by atoms with Gasteiger partial charge < -0.3 is 0 Å². The van der Waals surface area contributed by atoms with Gasteiger partial charge in [0.15, 0.2) is 0 Å². The third-order valence-corrected chi connectivity index (χ3v) is 0.652. The molecule has 0 aliphatic carbocycles. The molecule has 0 aromatic carbocycles.